The Bertz CT molecular complexity index is 2770. The molecule has 0 N–H and O–H groups in total. The smallest absolute Gasteiger partial charge is 0.0789 e. The van der Waals surface area contributed by atoms with Crippen molar-refractivity contribution in [3.63, 3.8) is 0 Å². The first-order valence-electron chi connectivity index (χ1n) is 15.7. The van der Waals surface area contributed by atoms with Crippen LogP contribution in [0.5, 0.6) is 0 Å². The van der Waals surface area contributed by atoms with Gasteiger partial charge in [-0.05, 0) is 63.5 Å². The number of hydrogen-bond donors (Lipinski definition) is 0. The van der Waals surface area contributed by atoms with E-state index in [1.54, 1.807) is 0 Å². The van der Waals surface area contributed by atoms with Gasteiger partial charge in [-0.3, -0.25) is 0 Å². The molecule has 0 saturated carbocycles. The number of allylic oxidation sites excluding steroid dienone is 1. The molecule has 0 radical (unpaired) electrons. The first-order valence-corrected chi connectivity index (χ1v) is 15.7. The van der Waals surface area contributed by atoms with Crippen LogP contribution in [0.2, 0.25) is 0 Å². The van der Waals surface area contributed by atoms with Crippen molar-refractivity contribution in [1.82, 2.24) is 9.13 Å². The zero-order valence-corrected chi connectivity index (χ0v) is 25.3. The second-order valence-corrected chi connectivity index (χ2v) is 11.9. The van der Waals surface area contributed by atoms with Crippen LogP contribution < -0.4 is 10.4 Å². The van der Waals surface area contributed by atoms with Gasteiger partial charge in [0.2, 0.25) is 0 Å². The highest BCUT2D eigenvalue weighted by Crippen LogP contribution is 2.41. The Morgan fingerprint density at radius 1 is 0.478 bits per heavy atom. The summed E-state index contributed by atoms with van der Waals surface area (Å²) < 4.78 is 4.87. The van der Waals surface area contributed by atoms with E-state index in [0.717, 1.165) is 27.3 Å². The van der Waals surface area contributed by atoms with Crippen LogP contribution in [0.3, 0.4) is 0 Å². The normalized spacial score (nSPS) is 12.2. The lowest BCUT2D eigenvalue weighted by Crippen LogP contribution is -2.27. The summed E-state index contributed by atoms with van der Waals surface area (Å²) in [6.07, 6.45) is 3.92. The minimum atomic E-state index is 0.973. The van der Waals surface area contributed by atoms with Crippen LogP contribution >= 0.6 is 0 Å². The minimum absolute atomic E-state index is 0.973. The predicted octanol–water partition coefficient (Wildman–Crippen LogP) is 10.1. The molecule has 0 spiro atoms. The van der Waals surface area contributed by atoms with E-state index in [2.05, 4.69) is 174 Å². The summed E-state index contributed by atoms with van der Waals surface area (Å²) in [5.41, 5.74) is 9.35. The van der Waals surface area contributed by atoms with E-state index in [1.165, 1.54) is 60.0 Å². The first kappa shape index (κ1) is 26.3. The van der Waals surface area contributed by atoms with Crippen molar-refractivity contribution in [1.29, 1.82) is 0 Å². The predicted molar refractivity (Wildman–Crippen MR) is 197 cm³/mol. The summed E-state index contributed by atoms with van der Waals surface area (Å²) in [4.78, 5) is 0. The maximum absolute atomic E-state index is 4.38. The maximum atomic E-state index is 4.38. The lowest BCUT2D eigenvalue weighted by molar-refractivity contribution is 1.14. The van der Waals surface area contributed by atoms with Crippen molar-refractivity contribution < 1.29 is 0 Å². The van der Waals surface area contributed by atoms with Gasteiger partial charge in [-0.2, -0.15) is 0 Å². The molecule has 0 amide bonds. The van der Waals surface area contributed by atoms with Gasteiger partial charge in [0.25, 0.3) is 0 Å². The maximum Gasteiger partial charge on any atom is 0.0789 e. The SMILES string of the molecule is C=C/C=c1/c(-n2c3ccccc3c3ccc4c5ccccc5n(-c5ccc(-c6ccc7ccccc7c6)cc5)c4c32)cccc1=C. The highest BCUT2D eigenvalue weighted by Gasteiger charge is 2.21. The van der Waals surface area contributed by atoms with Crippen LogP contribution in [-0.4, -0.2) is 9.13 Å². The number of benzene rings is 7. The fraction of sp³-hybridized carbons (Fsp3) is 0. The average molecular weight is 587 g/mol. The molecule has 2 heterocycles. The average Bonchev–Trinajstić information content (AvgIpc) is 3.62. The molecule has 2 aromatic heterocycles. The lowest BCUT2D eigenvalue weighted by atomic mass is 10.0. The Kier molecular flexibility index (Phi) is 5.84. The molecule has 0 unspecified atom stereocenters. The summed E-state index contributed by atoms with van der Waals surface area (Å²) in [6, 6.07) is 52.7. The number of nitrogens with zero attached hydrogens (tertiary/aromatic N) is 2. The highest BCUT2D eigenvalue weighted by molar-refractivity contribution is 6.23. The van der Waals surface area contributed by atoms with Crippen LogP contribution in [-0.2, 0) is 0 Å². The quantitative estimate of drug-likeness (QED) is 0.194. The Balaban J connectivity index is 1.38. The number of fused-ring (bicyclic) bond motifs is 8. The summed E-state index contributed by atoms with van der Waals surface area (Å²) in [6.45, 7) is 8.41. The fourth-order valence-electron chi connectivity index (χ4n) is 7.30. The van der Waals surface area contributed by atoms with Crippen LogP contribution in [0, 0.1) is 0 Å². The minimum Gasteiger partial charge on any atom is -0.307 e. The fourth-order valence-corrected chi connectivity index (χ4v) is 7.30. The molecular formula is C44H30N2. The standard InChI is InChI=1S/C44H30N2/c1-3-11-35-29(2)12-10-19-40(35)46-42-18-9-7-16-37(42)39-27-26-38-36-15-6-8-17-41(36)45(43(38)44(39)46)34-24-22-31(23-25-34)33-21-20-30-13-4-5-14-32(30)28-33/h3-28H,1-2H2/b35-11+. The van der Waals surface area contributed by atoms with Gasteiger partial charge in [-0.1, -0.05) is 135 Å². The zero-order valence-electron chi connectivity index (χ0n) is 25.3. The summed E-state index contributed by atoms with van der Waals surface area (Å²) >= 11 is 0. The van der Waals surface area contributed by atoms with Crippen LogP contribution in [0.4, 0.5) is 0 Å². The molecule has 9 rings (SSSR count). The first-order chi connectivity index (χ1) is 22.7. The van der Waals surface area contributed by atoms with Gasteiger partial charge in [-0.15, -0.1) is 0 Å². The lowest BCUT2D eigenvalue weighted by Gasteiger charge is -2.14. The van der Waals surface area contributed by atoms with Crippen LogP contribution in [0.1, 0.15) is 0 Å². The molecule has 2 heteroatoms. The van der Waals surface area contributed by atoms with Gasteiger partial charge in [0.1, 0.15) is 0 Å². The summed E-state index contributed by atoms with van der Waals surface area (Å²) in [5, 5.41) is 9.46. The zero-order chi connectivity index (χ0) is 30.8. The highest BCUT2D eigenvalue weighted by atomic mass is 15.0. The van der Waals surface area contributed by atoms with Gasteiger partial charge >= 0.3 is 0 Å². The number of aromatic nitrogens is 2. The van der Waals surface area contributed by atoms with E-state index in [1.807, 2.05) is 6.08 Å². The third-order valence-electron chi connectivity index (χ3n) is 9.38. The Hall–Kier alpha value is -6.12. The van der Waals surface area contributed by atoms with Crippen LogP contribution in [0.15, 0.2) is 158 Å². The van der Waals surface area contributed by atoms with Crippen molar-refractivity contribution in [2.24, 2.45) is 0 Å². The van der Waals surface area contributed by atoms with Gasteiger partial charge in [-0.25, -0.2) is 0 Å². The molecule has 9 aromatic rings. The van der Waals surface area contributed by atoms with Crippen molar-refractivity contribution in [2.45, 2.75) is 0 Å². The molecule has 0 aliphatic carbocycles. The second-order valence-electron chi connectivity index (χ2n) is 11.9. The van der Waals surface area contributed by atoms with Crippen molar-refractivity contribution in [3.05, 3.63) is 169 Å². The second kappa shape index (κ2) is 10.2. The Morgan fingerprint density at radius 3 is 1.80 bits per heavy atom. The van der Waals surface area contributed by atoms with Gasteiger partial charge in [0, 0.05) is 32.5 Å². The summed E-state index contributed by atoms with van der Waals surface area (Å²) in [7, 11) is 0. The molecule has 0 bridgehead atoms. The largest absolute Gasteiger partial charge is 0.307 e. The van der Waals surface area contributed by atoms with Crippen molar-refractivity contribution >= 4 is 67.0 Å². The number of rotatable bonds is 4. The van der Waals surface area contributed by atoms with E-state index < -0.39 is 0 Å². The van der Waals surface area contributed by atoms with E-state index in [0.29, 0.717) is 0 Å². The monoisotopic (exact) mass is 586 g/mol. The van der Waals surface area contributed by atoms with E-state index in [9.17, 15) is 0 Å². The molecular weight excluding hydrogens is 556 g/mol. The van der Waals surface area contributed by atoms with Crippen molar-refractivity contribution in [3.8, 4) is 22.5 Å². The van der Waals surface area contributed by atoms with Crippen LogP contribution in [0.25, 0.3) is 89.5 Å². The van der Waals surface area contributed by atoms with Crippen molar-refractivity contribution in [2.75, 3.05) is 0 Å². The molecule has 0 aliphatic heterocycles. The molecule has 0 saturated heterocycles. The molecule has 0 aliphatic rings. The molecule has 7 aromatic carbocycles. The van der Waals surface area contributed by atoms with Gasteiger partial charge in [0.05, 0.1) is 27.8 Å². The van der Waals surface area contributed by atoms with Gasteiger partial charge in [0.15, 0.2) is 0 Å². The topological polar surface area (TPSA) is 9.86 Å². The Morgan fingerprint density at radius 2 is 1.09 bits per heavy atom. The van der Waals surface area contributed by atoms with E-state index >= 15 is 0 Å². The summed E-state index contributed by atoms with van der Waals surface area (Å²) in [5.74, 6) is 0. The molecule has 46 heavy (non-hydrogen) atoms. The Labute approximate surface area is 266 Å². The third kappa shape index (κ3) is 3.84. The molecule has 0 atom stereocenters. The molecule has 2 nitrogen and oxygen atoms in total. The van der Waals surface area contributed by atoms with Gasteiger partial charge < -0.3 is 9.13 Å². The number of para-hydroxylation sites is 2. The number of hydrogen-bond acceptors (Lipinski definition) is 0. The molecule has 0 fully saturated rings. The molecule has 216 valence electrons. The third-order valence-corrected chi connectivity index (χ3v) is 9.38. The van der Waals surface area contributed by atoms with E-state index in [-0.39, 0.29) is 0 Å². The van der Waals surface area contributed by atoms with E-state index in [4.69, 9.17) is 0 Å².